The number of amides is 1. The lowest BCUT2D eigenvalue weighted by atomic mass is 9.98. The third-order valence-corrected chi connectivity index (χ3v) is 4.65. The number of esters is 1. The lowest BCUT2D eigenvalue weighted by molar-refractivity contribution is -0.145. The Bertz CT molecular complexity index is 899. The molecule has 29 heavy (non-hydrogen) atoms. The molecule has 1 heterocycles. The minimum Gasteiger partial charge on any atom is -0.489 e. The Labute approximate surface area is 168 Å². The SMILES string of the molecule is NC/C(=C/F)COc1ccc2c(c1)CCN(CC(=O)OCc1ccccc1)C2=O. The van der Waals surface area contributed by atoms with E-state index in [1.807, 2.05) is 30.3 Å². The highest BCUT2D eigenvalue weighted by Crippen LogP contribution is 2.24. The fraction of sp³-hybridized carbons (Fsp3) is 0.273. The number of hydrogen-bond acceptors (Lipinski definition) is 5. The third kappa shape index (κ3) is 5.42. The minimum absolute atomic E-state index is 0.0547. The van der Waals surface area contributed by atoms with Crippen LogP contribution in [0.2, 0.25) is 0 Å². The van der Waals surface area contributed by atoms with Crippen molar-refractivity contribution in [2.75, 3.05) is 26.2 Å². The average Bonchev–Trinajstić information content (AvgIpc) is 2.76. The lowest BCUT2D eigenvalue weighted by Crippen LogP contribution is -2.41. The highest BCUT2D eigenvalue weighted by atomic mass is 19.1. The summed E-state index contributed by atoms with van der Waals surface area (Å²) in [4.78, 5) is 26.3. The van der Waals surface area contributed by atoms with E-state index in [-0.39, 0.29) is 32.2 Å². The molecule has 2 aromatic carbocycles. The summed E-state index contributed by atoms with van der Waals surface area (Å²) in [5, 5.41) is 0. The molecule has 0 bridgehead atoms. The number of rotatable bonds is 8. The van der Waals surface area contributed by atoms with Gasteiger partial charge in [0.1, 0.15) is 25.5 Å². The smallest absolute Gasteiger partial charge is 0.325 e. The summed E-state index contributed by atoms with van der Waals surface area (Å²) in [6.07, 6.45) is 1.03. The summed E-state index contributed by atoms with van der Waals surface area (Å²) < 4.78 is 23.4. The number of fused-ring (bicyclic) bond motifs is 1. The fourth-order valence-corrected chi connectivity index (χ4v) is 3.00. The van der Waals surface area contributed by atoms with Crippen LogP contribution in [0.5, 0.6) is 5.75 Å². The van der Waals surface area contributed by atoms with E-state index >= 15 is 0 Å². The number of nitrogens with zero attached hydrogens (tertiary/aromatic N) is 1. The molecule has 0 unspecified atom stereocenters. The number of ether oxygens (including phenoxy) is 2. The molecule has 7 heteroatoms. The number of halogens is 1. The zero-order valence-corrected chi connectivity index (χ0v) is 16.0. The fourth-order valence-electron chi connectivity index (χ4n) is 3.00. The van der Waals surface area contributed by atoms with Crippen LogP contribution in [0, 0.1) is 0 Å². The molecule has 6 nitrogen and oxygen atoms in total. The van der Waals surface area contributed by atoms with Gasteiger partial charge in [-0.1, -0.05) is 30.3 Å². The molecular weight excluding hydrogens is 375 g/mol. The van der Waals surface area contributed by atoms with Crippen molar-refractivity contribution in [3.63, 3.8) is 0 Å². The highest BCUT2D eigenvalue weighted by molar-refractivity contribution is 5.98. The van der Waals surface area contributed by atoms with E-state index in [0.717, 1.165) is 11.1 Å². The van der Waals surface area contributed by atoms with Crippen LogP contribution >= 0.6 is 0 Å². The van der Waals surface area contributed by atoms with Gasteiger partial charge in [0.2, 0.25) is 0 Å². The van der Waals surface area contributed by atoms with Gasteiger partial charge in [0.25, 0.3) is 5.91 Å². The van der Waals surface area contributed by atoms with E-state index in [4.69, 9.17) is 15.2 Å². The van der Waals surface area contributed by atoms with Gasteiger partial charge >= 0.3 is 5.97 Å². The number of hydrogen-bond donors (Lipinski definition) is 1. The molecule has 0 aromatic heterocycles. The largest absolute Gasteiger partial charge is 0.489 e. The van der Waals surface area contributed by atoms with Crippen molar-refractivity contribution in [2.45, 2.75) is 13.0 Å². The average molecular weight is 398 g/mol. The van der Waals surface area contributed by atoms with Gasteiger partial charge in [0.05, 0.1) is 6.33 Å². The van der Waals surface area contributed by atoms with Crippen LogP contribution in [-0.4, -0.2) is 43.0 Å². The minimum atomic E-state index is -0.446. The topological polar surface area (TPSA) is 81.9 Å². The summed E-state index contributed by atoms with van der Waals surface area (Å²) in [7, 11) is 0. The van der Waals surface area contributed by atoms with Gasteiger partial charge < -0.3 is 20.1 Å². The normalized spacial score (nSPS) is 13.8. The molecule has 2 N–H and O–H groups in total. The van der Waals surface area contributed by atoms with Crippen LogP contribution in [0.25, 0.3) is 0 Å². The molecule has 0 radical (unpaired) electrons. The van der Waals surface area contributed by atoms with Crippen molar-refractivity contribution >= 4 is 11.9 Å². The monoisotopic (exact) mass is 398 g/mol. The maximum Gasteiger partial charge on any atom is 0.325 e. The molecule has 152 valence electrons. The van der Waals surface area contributed by atoms with Gasteiger partial charge in [-0.15, -0.1) is 0 Å². The van der Waals surface area contributed by atoms with Gasteiger partial charge in [0.15, 0.2) is 0 Å². The molecule has 0 fully saturated rings. The number of benzene rings is 2. The van der Waals surface area contributed by atoms with Crippen LogP contribution in [0.1, 0.15) is 21.5 Å². The summed E-state index contributed by atoms with van der Waals surface area (Å²) in [6.45, 7) is 0.629. The maximum atomic E-state index is 12.7. The second-order valence-electron chi connectivity index (χ2n) is 6.70. The predicted molar refractivity (Wildman–Crippen MR) is 106 cm³/mol. The van der Waals surface area contributed by atoms with Gasteiger partial charge in [0, 0.05) is 24.2 Å². The molecule has 0 saturated heterocycles. The zero-order chi connectivity index (χ0) is 20.6. The Kier molecular flexibility index (Phi) is 6.97. The molecule has 0 aliphatic carbocycles. The Morgan fingerprint density at radius 3 is 2.72 bits per heavy atom. The first kappa shape index (κ1) is 20.5. The summed E-state index contributed by atoms with van der Waals surface area (Å²) in [6, 6.07) is 14.5. The van der Waals surface area contributed by atoms with E-state index in [1.165, 1.54) is 4.90 Å². The van der Waals surface area contributed by atoms with Gasteiger partial charge in [-0.05, 0) is 35.7 Å². The maximum absolute atomic E-state index is 12.7. The van der Waals surface area contributed by atoms with Crippen molar-refractivity contribution in [3.8, 4) is 5.75 Å². The first-order valence-corrected chi connectivity index (χ1v) is 9.33. The molecular formula is C22H23FN2O4. The molecule has 3 rings (SSSR count). The van der Waals surface area contributed by atoms with E-state index < -0.39 is 5.97 Å². The van der Waals surface area contributed by atoms with Gasteiger partial charge in [-0.25, -0.2) is 4.39 Å². The zero-order valence-electron chi connectivity index (χ0n) is 16.0. The van der Waals surface area contributed by atoms with Crippen LogP contribution in [-0.2, 0) is 22.6 Å². The van der Waals surface area contributed by atoms with Crippen LogP contribution in [0.4, 0.5) is 4.39 Å². The molecule has 1 aliphatic heterocycles. The first-order chi connectivity index (χ1) is 14.1. The Morgan fingerprint density at radius 1 is 1.21 bits per heavy atom. The van der Waals surface area contributed by atoms with Crippen molar-refractivity contribution < 1.29 is 23.5 Å². The van der Waals surface area contributed by atoms with Crippen molar-refractivity contribution in [1.29, 1.82) is 0 Å². The van der Waals surface area contributed by atoms with Crippen LogP contribution < -0.4 is 10.5 Å². The van der Waals surface area contributed by atoms with Crippen molar-refractivity contribution in [3.05, 3.63) is 77.1 Å². The molecule has 1 amide bonds. The Morgan fingerprint density at radius 2 is 2.00 bits per heavy atom. The molecule has 0 saturated carbocycles. The summed E-state index contributed by atoms with van der Waals surface area (Å²) in [5.41, 5.74) is 8.01. The van der Waals surface area contributed by atoms with E-state index in [0.29, 0.717) is 36.2 Å². The standard InChI is InChI=1S/C22H23FN2O4/c23-11-17(12-24)15-28-19-6-7-20-18(10-19)8-9-25(22(20)27)13-21(26)29-14-16-4-2-1-3-5-16/h1-7,10-11H,8-9,12-15,24H2/b17-11-. The molecule has 0 spiro atoms. The van der Waals surface area contributed by atoms with Crippen LogP contribution in [0.3, 0.4) is 0 Å². The Hall–Kier alpha value is -3.19. The third-order valence-electron chi connectivity index (χ3n) is 4.65. The second kappa shape index (κ2) is 9.84. The van der Waals surface area contributed by atoms with Crippen molar-refractivity contribution in [1.82, 2.24) is 4.90 Å². The number of nitrogens with two attached hydrogens (primary N) is 1. The number of carbonyl (C=O) groups excluding carboxylic acids is 2. The van der Waals surface area contributed by atoms with Crippen LogP contribution in [0.15, 0.2) is 60.4 Å². The number of carbonyl (C=O) groups is 2. The highest BCUT2D eigenvalue weighted by Gasteiger charge is 2.26. The first-order valence-electron chi connectivity index (χ1n) is 9.33. The second-order valence-corrected chi connectivity index (χ2v) is 6.70. The van der Waals surface area contributed by atoms with Crippen molar-refractivity contribution in [2.24, 2.45) is 5.73 Å². The van der Waals surface area contributed by atoms with Gasteiger partial charge in [-0.3, -0.25) is 9.59 Å². The summed E-state index contributed by atoms with van der Waals surface area (Å²) in [5.74, 6) is -0.126. The molecule has 1 aliphatic rings. The van der Waals surface area contributed by atoms with Gasteiger partial charge in [-0.2, -0.15) is 0 Å². The lowest BCUT2D eigenvalue weighted by Gasteiger charge is -2.28. The summed E-state index contributed by atoms with van der Waals surface area (Å²) >= 11 is 0. The van der Waals surface area contributed by atoms with E-state index in [9.17, 15) is 14.0 Å². The quantitative estimate of drug-likeness (QED) is 0.692. The molecule has 2 aromatic rings. The van der Waals surface area contributed by atoms with E-state index in [2.05, 4.69) is 0 Å². The predicted octanol–water partition coefficient (Wildman–Crippen LogP) is 2.62. The van der Waals surface area contributed by atoms with E-state index in [1.54, 1.807) is 18.2 Å². The Balaban J connectivity index is 1.56. The molecule has 0 atom stereocenters.